The number of benzene rings is 3. The van der Waals surface area contributed by atoms with Crippen molar-refractivity contribution < 1.29 is 19.5 Å². The molecule has 196 valence electrons. The van der Waals surface area contributed by atoms with E-state index in [9.17, 15) is 19.5 Å². The Morgan fingerprint density at radius 1 is 0.949 bits per heavy atom. The molecule has 3 aromatic carbocycles. The van der Waals surface area contributed by atoms with Crippen molar-refractivity contribution in [3.05, 3.63) is 114 Å². The van der Waals surface area contributed by atoms with Crippen LogP contribution in [0.25, 0.3) is 10.8 Å². The predicted molar refractivity (Wildman–Crippen MR) is 147 cm³/mol. The van der Waals surface area contributed by atoms with E-state index in [1.54, 1.807) is 6.20 Å². The summed E-state index contributed by atoms with van der Waals surface area (Å²) in [6.45, 7) is 2.10. The number of hydrogen-bond donors (Lipinski definition) is 2. The molecule has 4 unspecified atom stereocenters. The molecule has 7 nitrogen and oxygen atoms in total. The number of amides is 2. The zero-order chi connectivity index (χ0) is 27.1. The van der Waals surface area contributed by atoms with E-state index >= 15 is 0 Å². The molecule has 0 radical (unpaired) electrons. The highest BCUT2D eigenvalue weighted by atomic mass is 16.4. The van der Waals surface area contributed by atoms with Crippen molar-refractivity contribution in [3.8, 4) is 0 Å². The van der Waals surface area contributed by atoms with Gasteiger partial charge in [0.05, 0.1) is 11.8 Å². The standard InChI is InChI=1S/C32H29N3O4/c1-20-8-2-5-12-25(20)28-26-27(30(37)35(29(26)36)17-15-24-11-6-7-16-33-24)32(34-28,31(38)39)19-21-13-14-22-9-3-4-10-23(22)18-21/h2-14,16,18,26-28,34H,15,17,19H2,1H3,(H,38,39). The monoisotopic (exact) mass is 519 g/mol. The number of aryl methyl sites for hydroxylation is 1. The molecule has 2 saturated heterocycles. The van der Waals surface area contributed by atoms with Crippen molar-refractivity contribution in [2.24, 2.45) is 11.8 Å². The number of carboxylic acids is 1. The minimum absolute atomic E-state index is 0.0732. The van der Waals surface area contributed by atoms with E-state index in [1.807, 2.05) is 91.9 Å². The first-order valence-electron chi connectivity index (χ1n) is 13.2. The fraction of sp³-hybridized carbons (Fsp3) is 0.250. The normalized spacial score (nSPS) is 24.3. The summed E-state index contributed by atoms with van der Waals surface area (Å²) in [6.07, 6.45) is 2.16. The summed E-state index contributed by atoms with van der Waals surface area (Å²) in [5, 5.41) is 16.1. The van der Waals surface area contributed by atoms with Gasteiger partial charge in [0.25, 0.3) is 0 Å². The molecule has 3 heterocycles. The first-order chi connectivity index (χ1) is 18.9. The second-order valence-corrected chi connectivity index (χ2v) is 10.5. The maximum Gasteiger partial charge on any atom is 0.325 e. The molecular weight excluding hydrogens is 490 g/mol. The predicted octanol–water partition coefficient (Wildman–Crippen LogP) is 4.10. The number of hydrogen-bond acceptors (Lipinski definition) is 5. The number of aliphatic carboxylic acids is 1. The van der Waals surface area contributed by atoms with E-state index in [4.69, 9.17) is 0 Å². The largest absolute Gasteiger partial charge is 0.480 e. The van der Waals surface area contributed by atoms with E-state index < -0.39 is 35.3 Å². The quantitative estimate of drug-likeness (QED) is 0.357. The van der Waals surface area contributed by atoms with Crippen molar-refractivity contribution >= 4 is 28.6 Å². The van der Waals surface area contributed by atoms with Crippen LogP contribution in [-0.2, 0) is 27.2 Å². The average molecular weight is 520 g/mol. The molecular formula is C32H29N3O4. The Morgan fingerprint density at radius 3 is 2.44 bits per heavy atom. The number of nitrogens with one attached hydrogen (secondary N) is 1. The van der Waals surface area contributed by atoms with Crippen molar-refractivity contribution in [2.45, 2.75) is 31.3 Å². The van der Waals surface area contributed by atoms with Gasteiger partial charge in [-0.3, -0.25) is 29.6 Å². The molecule has 4 atom stereocenters. The molecule has 0 spiro atoms. The molecule has 39 heavy (non-hydrogen) atoms. The second kappa shape index (κ2) is 9.75. The third-order valence-corrected chi connectivity index (χ3v) is 8.27. The zero-order valence-corrected chi connectivity index (χ0v) is 21.6. The van der Waals surface area contributed by atoms with Crippen LogP contribution in [0, 0.1) is 18.8 Å². The maximum absolute atomic E-state index is 14.0. The lowest BCUT2D eigenvalue weighted by molar-refractivity contribution is -0.151. The fourth-order valence-corrected chi connectivity index (χ4v) is 6.36. The summed E-state index contributed by atoms with van der Waals surface area (Å²) >= 11 is 0. The van der Waals surface area contributed by atoms with Crippen LogP contribution in [0.15, 0.2) is 91.1 Å². The maximum atomic E-state index is 14.0. The smallest absolute Gasteiger partial charge is 0.325 e. The molecule has 2 aliphatic heterocycles. The van der Waals surface area contributed by atoms with Crippen LogP contribution in [0.4, 0.5) is 0 Å². The van der Waals surface area contributed by atoms with E-state index in [1.165, 1.54) is 4.90 Å². The Labute approximate surface area is 226 Å². The summed E-state index contributed by atoms with van der Waals surface area (Å²) in [7, 11) is 0. The Bertz CT molecular complexity index is 1590. The molecule has 2 N–H and O–H groups in total. The van der Waals surface area contributed by atoms with Crippen LogP contribution in [0.5, 0.6) is 0 Å². The van der Waals surface area contributed by atoms with Gasteiger partial charge in [0.15, 0.2) is 0 Å². The summed E-state index contributed by atoms with van der Waals surface area (Å²) in [6, 6.07) is 26.3. The van der Waals surface area contributed by atoms with E-state index in [2.05, 4.69) is 10.3 Å². The van der Waals surface area contributed by atoms with Gasteiger partial charge in [-0.2, -0.15) is 0 Å². The van der Waals surface area contributed by atoms with Gasteiger partial charge in [0.2, 0.25) is 11.8 Å². The lowest BCUT2D eigenvalue weighted by Gasteiger charge is -2.31. The summed E-state index contributed by atoms with van der Waals surface area (Å²) in [5.74, 6) is -3.76. The highest BCUT2D eigenvalue weighted by molar-refractivity contribution is 6.09. The lowest BCUT2D eigenvalue weighted by atomic mass is 9.76. The van der Waals surface area contributed by atoms with Crippen LogP contribution in [0.1, 0.15) is 28.4 Å². The first kappa shape index (κ1) is 24.9. The minimum Gasteiger partial charge on any atom is -0.480 e. The second-order valence-electron chi connectivity index (χ2n) is 10.5. The topological polar surface area (TPSA) is 99.6 Å². The Hall–Kier alpha value is -4.36. The molecule has 6 rings (SSSR count). The van der Waals surface area contributed by atoms with Crippen LogP contribution in [0.3, 0.4) is 0 Å². The van der Waals surface area contributed by atoms with Gasteiger partial charge >= 0.3 is 5.97 Å². The number of carbonyl (C=O) groups is 3. The number of pyridine rings is 1. The van der Waals surface area contributed by atoms with E-state index in [-0.39, 0.29) is 18.9 Å². The summed E-state index contributed by atoms with van der Waals surface area (Å²) in [4.78, 5) is 46.6. The average Bonchev–Trinajstić information content (AvgIpc) is 3.41. The number of carbonyl (C=O) groups excluding carboxylic acids is 2. The SMILES string of the molecule is Cc1ccccc1C1NC(Cc2ccc3ccccc3c2)(C(=O)O)C2C(=O)N(CCc3ccccn3)C(=O)C12. The highest BCUT2D eigenvalue weighted by Crippen LogP contribution is 2.50. The zero-order valence-electron chi connectivity index (χ0n) is 21.6. The number of carboxylic acid groups (broad SMARTS) is 1. The lowest BCUT2D eigenvalue weighted by Crippen LogP contribution is -2.57. The van der Waals surface area contributed by atoms with Crippen molar-refractivity contribution in [1.29, 1.82) is 0 Å². The molecule has 0 aliphatic carbocycles. The summed E-state index contributed by atoms with van der Waals surface area (Å²) < 4.78 is 0. The third-order valence-electron chi connectivity index (χ3n) is 8.27. The first-order valence-corrected chi connectivity index (χ1v) is 13.2. The van der Waals surface area contributed by atoms with Gasteiger partial charge in [0, 0.05) is 37.3 Å². The van der Waals surface area contributed by atoms with E-state index in [0.717, 1.165) is 33.2 Å². The van der Waals surface area contributed by atoms with Gasteiger partial charge in [-0.15, -0.1) is 0 Å². The molecule has 1 aromatic heterocycles. The number of nitrogens with zero attached hydrogens (tertiary/aromatic N) is 2. The van der Waals surface area contributed by atoms with Gasteiger partial charge in [0.1, 0.15) is 5.54 Å². The number of imide groups is 1. The molecule has 2 aliphatic rings. The van der Waals surface area contributed by atoms with Gasteiger partial charge in [-0.05, 0) is 46.5 Å². The van der Waals surface area contributed by atoms with Crippen LogP contribution < -0.4 is 5.32 Å². The molecule has 2 amide bonds. The minimum atomic E-state index is -1.65. The fourth-order valence-electron chi connectivity index (χ4n) is 6.36. The van der Waals surface area contributed by atoms with Crippen molar-refractivity contribution in [1.82, 2.24) is 15.2 Å². The number of aromatic nitrogens is 1. The number of likely N-dealkylation sites (tertiary alicyclic amines) is 1. The van der Waals surface area contributed by atoms with Gasteiger partial charge in [-0.1, -0.05) is 72.8 Å². The van der Waals surface area contributed by atoms with Crippen molar-refractivity contribution in [3.63, 3.8) is 0 Å². The van der Waals surface area contributed by atoms with Gasteiger partial charge in [-0.25, -0.2) is 0 Å². The van der Waals surface area contributed by atoms with Crippen molar-refractivity contribution in [2.75, 3.05) is 6.54 Å². The Morgan fingerprint density at radius 2 is 1.69 bits per heavy atom. The molecule has 4 aromatic rings. The number of rotatable bonds is 7. The third kappa shape index (κ3) is 4.19. The van der Waals surface area contributed by atoms with Crippen LogP contribution >= 0.6 is 0 Å². The Balaban J connectivity index is 1.42. The highest BCUT2D eigenvalue weighted by Gasteiger charge is 2.68. The number of fused-ring (bicyclic) bond motifs is 2. The molecule has 2 fully saturated rings. The van der Waals surface area contributed by atoms with Crippen LogP contribution in [0.2, 0.25) is 0 Å². The summed E-state index contributed by atoms with van der Waals surface area (Å²) in [5.41, 5.74) is 1.69. The molecule has 0 saturated carbocycles. The molecule has 0 bridgehead atoms. The molecule has 7 heteroatoms. The van der Waals surface area contributed by atoms with Gasteiger partial charge < -0.3 is 5.11 Å². The van der Waals surface area contributed by atoms with E-state index in [0.29, 0.717) is 6.42 Å². The Kier molecular flexibility index (Phi) is 6.23. The van der Waals surface area contributed by atoms with Crippen LogP contribution in [-0.4, -0.2) is 44.9 Å².